The topological polar surface area (TPSA) is 15.3 Å². The van der Waals surface area contributed by atoms with Crippen molar-refractivity contribution in [1.29, 1.82) is 0 Å². The van der Waals surface area contributed by atoms with Crippen molar-refractivity contribution >= 4 is 34.6 Å². The quantitative estimate of drug-likeness (QED) is 0.315. The summed E-state index contributed by atoms with van der Waals surface area (Å²) in [6.07, 6.45) is 3.31. The van der Waals surface area contributed by atoms with Gasteiger partial charge in [0.15, 0.2) is 5.11 Å². The van der Waals surface area contributed by atoms with E-state index in [-0.39, 0.29) is 0 Å². The molecule has 0 bridgehead atoms. The van der Waals surface area contributed by atoms with Gasteiger partial charge < -0.3 is 10.2 Å². The van der Waals surface area contributed by atoms with Crippen LogP contribution in [0.1, 0.15) is 29.5 Å². The van der Waals surface area contributed by atoms with E-state index in [1.807, 2.05) is 31.2 Å². The fourth-order valence-electron chi connectivity index (χ4n) is 3.21. The summed E-state index contributed by atoms with van der Waals surface area (Å²) < 4.78 is 0. The molecule has 0 heterocycles. The molecule has 3 aromatic rings. The molecule has 1 N–H and O–H groups in total. The second-order valence-corrected chi connectivity index (χ2v) is 8.04. The standard InChI is InChI=1S/C25H27ClN2S/c1-20-15-16-23(18-24(20)26)27-25(29)28(19-22-13-6-3-7-14-22)17-9-8-12-21-10-4-2-5-11-21/h2-7,10-11,13-16,18H,8-9,12,17,19H2,1H3,(H,27,29). The molecule has 2 nitrogen and oxygen atoms in total. The van der Waals surface area contributed by atoms with Gasteiger partial charge in [-0.3, -0.25) is 0 Å². The highest BCUT2D eigenvalue weighted by Crippen LogP contribution is 2.21. The van der Waals surface area contributed by atoms with E-state index in [4.69, 9.17) is 23.8 Å². The van der Waals surface area contributed by atoms with Gasteiger partial charge >= 0.3 is 0 Å². The van der Waals surface area contributed by atoms with Crippen molar-refractivity contribution in [2.45, 2.75) is 32.7 Å². The lowest BCUT2D eigenvalue weighted by Gasteiger charge is -2.26. The molecule has 0 aliphatic rings. The maximum Gasteiger partial charge on any atom is 0.173 e. The third-order valence-corrected chi connectivity index (χ3v) is 5.68. The Morgan fingerprint density at radius 2 is 1.55 bits per heavy atom. The molecule has 0 aliphatic heterocycles. The molecule has 0 radical (unpaired) electrons. The number of unbranched alkanes of at least 4 members (excludes halogenated alkanes) is 1. The summed E-state index contributed by atoms with van der Waals surface area (Å²) >= 11 is 12.0. The smallest absolute Gasteiger partial charge is 0.173 e. The predicted molar refractivity (Wildman–Crippen MR) is 129 cm³/mol. The molecule has 0 aromatic heterocycles. The van der Waals surface area contributed by atoms with Gasteiger partial charge in [-0.15, -0.1) is 0 Å². The van der Waals surface area contributed by atoms with Crippen LogP contribution in [0, 0.1) is 6.92 Å². The molecule has 0 saturated carbocycles. The van der Waals surface area contributed by atoms with Crippen LogP contribution in [0.3, 0.4) is 0 Å². The van der Waals surface area contributed by atoms with Crippen LogP contribution in [0.5, 0.6) is 0 Å². The van der Waals surface area contributed by atoms with Crippen molar-refractivity contribution in [3.8, 4) is 0 Å². The average molecular weight is 423 g/mol. The van der Waals surface area contributed by atoms with E-state index in [0.717, 1.165) is 53.7 Å². The Hall–Kier alpha value is -2.36. The molecule has 0 atom stereocenters. The van der Waals surface area contributed by atoms with Gasteiger partial charge in [0, 0.05) is 23.8 Å². The highest BCUT2D eigenvalue weighted by Gasteiger charge is 2.11. The van der Waals surface area contributed by atoms with Gasteiger partial charge in [-0.2, -0.15) is 0 Å². The predicted octanol–water partition coefficient (Wildman–Crippen LogP) is 6.87. The van der Waals surface area contributed by atoms with Gasteiger partial charge in [-0.25, -0.2) is 0 Å². The van der Waals surface area contributed by atoms with Crippen molar-refractivity contribution in [2.24, 2.45) is 0 Å². The fourth-order valence-corrected chi connectivity index (χ4v) is 3.66. The van der Waals surface area contributed by atoms with E-state index in [1.165, 1.54) is 11.1 Å². The van der Waals surface area contributed by atoms with Gasteiger partial charge in [0.25, 0.3) is 0 Å². The van der Waals surface area contributed by atoms with E-state index in [2.05, 4.69) is 64.8 Å². The van der Waals surface area contributed by atoms with Gasteiger partial charge in [0.05, 0.1) is 0 Å². The van der Waals surface area contributed by atoms with Crippen LogP contribution in [0.4, 0.5) is 5.69 Å². The van der Waals surface area contributed by atoms with Crippen LogP contribution in [0.15, 0.2) is 78.9 Å². The number of nitrogens with zero attached hydrogens (tertiary/aromatic N) is 1. The first-order chi connectivity index (χ1) is 14.1. The Morgan fingerprint density at radius 3 is 2.21 bits per heavy atom. The molecule has 29 heavy (non-hydrogen) atoms. The Bertz CT molecular complexity index is 913. The minimum atomic E-state index is 0.730. The zero-order valence-electron chi connectivity index (χ0n) is 16.8. The summed E-state index contributed by atoms with van der Waals surface area (Å²) in [5.74, 6) is 0. The highest BCUT2D eigenvalue weighted by molar-refractivity contribution is 7.80. The first-order valence-electron chi connectivity index (χ1n) is 10.0. The van der Waals surface area contributed by atoms with Gasteiger partial charge in [0.2, 0.25) is 0 Å². The molecular weight excluding hydrogens is 396 g/mol. The second-order valence-electron chi connectivity index (χ2n) is 7.24. The molecule has 0 unspecified atom stereocenters. The summed E-state index contributed by atoms with van der Waals surface area (Å²) in [5.41, 5.74) is 4.62. The van der Waals surface area contributed by atoms with Gasteiger partial charge in [0.1, 0.15) is 0 Å². The maximum atomic E-state index is 6.27. The fraction of sp³-hybridized carbons (Fsp3) is 0.240. The van der Waals surface area contributed by atoms with Crippen LogP contribution in [-0.4, -0.2) is 16.6 Å². The zero-order chi connectivity index (χ0) is 20.5. The normalized spacial score (nSPS) is 10.6. The Morgan fingerprint density at radius 1 is 0.897 bits per heavy atom. The molecule has 0 spiro atoms. The number of rotatable bonds is 8. The molecule has 0 saturated heterocycles. The summed E-state index contributed by atoms with van der Waals surface area (Å²) in [6, 6.07) is 27.1. The SMILES string of the molecule is Cc1ccc(NC(=S)N(CCCCc2ccccc2)Cc2ccccc2)cc1Cl. The second kappa shape index (κ2) is 11.0. The lowest BCUT2D eigenvalue weighted by Crippen LogP contribution is -2.35. The van der Waals surface area contributed by atoms with Crippen LogP contribution in [0.25, 0.3) is 0 Å². The number of halogens is 1. The molecular formula is C25H27ClN2S. The lowest BCUT2D eigenvalue weighted by atomic mass is 10.1. The van der Waals surface area contributed by atoms with Crippen LogP contribution in [0.2, 0.25) is 5.02 Å². The average Bonchev–Trinajstić information content (AvgIpc) is 2.74. The first kappa shape index (κ1) is 21.4. The number of hydrogen-bond donors (Lipinski definition) is 1. The summed E-state index contributed by atoms with van der Waals surface area (Å²) in [6.45, 7) is 3.70. The molecule has 4 heteroatoms. The van der Waals surface area contributed by atoms with E-state index >= 15 is 0 Å². The minimum absolute atomic E-state index is 0.730. The molecule has 3 rings (SSSR count). The molecule has 150 valence electrons. The van der Waals surface area contributed by atoms with E-state index in [0.29, 0.717) is 0 Å². The Kier molecular flexibility index (Phi) is 8.09. The first-order valence-corrected chi connectivity index (χ1v) is 10.8. The van der Waals surface area contributed by atoms with Crippen molar-refractivity contribution in [1.82, 2.24) is 4.90 Å². The number of benzene rings is 3. The summed E-state index contributed by atoms with van der Waals surface area (Å²) in [7, 11) is 0. The van der Waals surface area contributed by atoms with Crippen molar-refractivity contribution < 1.29 is 0 Å². The Balaban J connectivity index is 1.61. The summed E-state index contributed by atoms with van der Waals surface area (Å²) in [4.78, 5) is 2.24. The van der Waals surface area contributed by atoms with Gasteiger partial charge in [-0.1, -0.05) is 78.3 Å². The van der Waals surface area contributed by atoms with Crippen LogP contribution >= 0.6 is 23.8 Å². The van der Waals surface area contributed by atoms with Gasteiger partial charge in [-0.05, 0) is 67.2 Å². The van der Waals surface area contributed by atoms with Crippen molar-refractivity contribution in [3.05, 3.63) is 101 Å². The number of aryl methyl sites for hydroxylation is 2. The number of thiocarbonyl (C=S) groups is 1. The van der Waals surface area contributed by atoms with Crippen LogP contribution < -0.4 is 5.32 Å². The van der Waals surface area contributed by atoms with E-state index in [1.54, 1.807) is 0 Å². The number of hydrogen-bond acceptors (Lipinski definition) is 1. The third-order valence-electron chi connectivity index (χ3n) is 4.91. The van der Waals surface area contributed by atoms with Crippen LogP contribution in [-0.2, 0) is 13.0 Å². The van der Waals surface area contributed by atoms with E-state index < -0.39 is 0 Å². The summed E-state index contributed by atoms with van der Waals surface area (Å²) in [5, 5.41) is 4.84. The molecule has 3 aromatic carbocycles. The molecule has 0 fully saturated rings. The zero-order valence-corrected chi connectivity index (χ0v) is 18.3. The van der Waals surface area contributed by atoms with Crippen molar-refractivity contribution in [3.63, 3.8) is 0 Å². The van der Waals surface area contributed by atoms with E-state index in [9.17, 15) is 0 Å². The maximum absolute atomic E-state index is 6.27. The largest absolute Gasteiger partial charge is 0.345 e. The number of anilines is 1. The highest BCUT2D eigenvalue weighted by atomic mass is 35.5. The van der Waals surface area contributed by atoms with Crippen molar-refractivity contribution in [2.75, 3.05) is 11.9 Å². The monoisotopic (exact) mass is 422 g/mol. The molecule has 0 amide bonds. The number of nitrogens with one attached hydrogen (secondary N) is 1. The Labute approximate surface area is 184 Å². The lowest BCUT2D eigenvalue weighted by molar-refractivity contribution is 0.404. The molecule has 0 aliphatic carbocycles. The third kappa shape index (κ3) is 6.88. The minimum Gasteiger partial charge on any atom is -0.345 e.